The molecule has 0 aliphatic heterocycles. The van der Waals surface area contributed by atoms with Crippen molar-refractivity contribution in [2.45, 2.75) is 32.9 Å². The van der Waals surface area contributed by atoms with Crippen molar-refractivity contribution < 1.29 is 14.3 Å². The van der Waals surface area contributed by atoms with Gasteiger partial charge < -0.3 is 9.47 Å². The van der Waals surface area contributed by atoms with Crippen LogP contribution in [0.3, 0.4) is 0 Å². The first-order valence-corrected chi connectivity index (χ1v) is 6.21. The molecular formula is C14H19N3O3. The molecule has 0 fully saturated rings. The van der Waals surface area contributed by atoms with E-state index < -0.39 is 11.7 Å². The second-order valence-corrected chi connectivity index (χ2v) is 5.07. The molecule has 0 aliphatic carbocycles. The van der Waals surface area contributed by atoms with Gasteiger partial charge in [0.15, 0.2) is 6.61 Å². The molecule has 20 heavy (non-hydrogen) atoms. The first-order valence-electron chi connectivity index (χ1n) is 6.21. The van der Waals surface area contributed by atoms with Crippen molar-refractivity contribution >= 4 is 6.09 Å². The molecule has 0 unspecified atom stereocenters. The van der Waals surface area contributed by atoms with E-state index in [0.29, 0.717) is 12.3 Å². The Morgan fingerprint density at radius 2 is 1.95 bits per heavy atom. The van der Waals surface area contributed by atoms with Crippen molar-refractivity contribution in [2.24, 2.45) is 0 Å². The Hall–Kier alpha value is -2.26. The molecule has 1 amide bonds. The number of carbonyl (C=O) groups is 1. The molecule has 2 N–H and O–H groups in total. The zero-order valence-corrected chi connectivity index (χ0v) is 11.9. The third-order valence-corrected chi connectivity index (χ3v) is 2.11. The van der Waals surface area contributed by atoms with Gasteiger partial charge in [-0.05, 0) is 38.5 Å². The minimum atomic E-state index is -0.522. The Kier molecular flexibility index (Phi) is 5.81. The minimum absolute atomic E-state index is 0.0256. The summed E-state index contributed by atoms with van der Waals surface area (Å²) in [7, 11) is 0. The highest BCUT2D eigenvalue weighted by atomic mass is 16.6. The number of hydrogen-bond donors (Lipinski definition) is 2. The molecule has 1 aromatic carbocycles. The quantitative estimate of drug-likeness (QED) is 0.805. The third-order valence-electron chi connectivity index (χ3n) is 2.11. The van der Waals surface area contributed by atoms with Crippen molar-refractivity contribution in [3.05, 3.63) is 29.8 Å². The summed E-state index contributed by atoms with van der Waals surface area (Å²) in [5, 5.41) is 8.39. The van der Waals surface area contributed by atoms with Gasteiger partial charge in [-0.1, -0.05) is 12.1 Å². The number of hydrogen-bond acceptors (Lipinski definition) is 5. The molecule has 0 aromatic heterocycles. The van der Waals surface area contributed by atoms with Crippen LogP contribution >= 0.6 is 0 Å². The average Bonchev–Trinajstić information content (AvgIpc) is 2.35. The summed E-state index contributed by atoms with van der Waals surface area (Å²) < 4.78 is 10.2. The molecule has 0 saturated heterocycles. The van der Waals surface area contributed by atoms with E-state index in [1.165, 1.54) is 0 Å². The monoisotopic (exact) mass is 277 g/mol. The smallest absolute Gasteiger partial charge is 0.422 e. The molecule has 0 heterocycles. The van der Waals surface area contributed by atoms with Crippen LogP contribution in [0.2, 0.25) is 0 Å². The number of benzene rings is 1. The summed E-state index contributed by atoms with van der Waals surface area (Å²) in [4.78, 5) is 11.4. The number of ether oxygens (including phenoxy) is 2. The maximum atomic E-state index is 11.4. The van der Waals surface area contributed by atoms with E-state index in [4.69, 9.17) is 14.7 Å². The number of nitrogens with one attached hydrogen (secondary N) is 2. The Balaban J connectivity index is 2.32. The van der Waals surface area contributed by atoms with Crippen LogP contribution in [-0.4, -0.2) is 18.3 Å². The summed E-state index contributed by atoms with van der Waals surface area (Å²) >= 11 is 0. The predicted octanol–water partition coefficient (Wildman–Crippen LogP) is 2.12. The van der Waals surface area contributed by atoms with E-state index in [9.17, 15) is 4.79 Å². The maximum Gasteiger partial charge on any atom is 0.422 e. The number of rotatable bonds is 5. The molecule has 1 rings (SSSR count). The predicted molar refractivity (Wildman–Crippen MR) is 73.8 cm³/mol. The van der Waals surface area contributed by atoms with Crippen LogP contribution in [-0.2, 0) is 11.3 Å². The van der Waals surface area contributed by atoms with E-state index in [-0.39, 0.29) is 6.61 Å². The lowest BCUT2D eigenvalue weighted by atomic mass is 10.2. The van der Waals surface area contributed by atoms with Gasteiger partial charge >= 0.3 is 6.09 Å². The van der Waals surface area contributed by atoms with E-state index in [0.717, 1.165) is 5.56 Å². The second-order valence-electron chi connectivity index (χ2n) is 5.07. The molecular weight excluding hydrogens is 258 g/mol. The maximum absolute atomic E-state index is 11.4. The zero-order chi connectivity index (χ0) is 15.0. The lowest BCUT2D eigenvalue weighted by molar-refractivity contribution is 0.0497. The van der Waals surface area contributed by atoms with Crippen LogP contribution in [0.5, 0.6) is 5.75 Å². The summed E-state index contributed by atoms with van der Waals surface area (Å²) in [5.74, 6) is 0.635. The van der Waals surface area contributed by atoms with E-state index >= 15 is 0 Å². The highest BCUT2D eigenvalue weighted by Crippen LogP contribution is 2.11. The topological polar surface area (TPSA) is 83.4 Å². The second kappa shape index (κ2) is 7.36. The highest BCUT2D eigenvalue weighted by Gasteiger charge is 2.15. The molecule has 108 valence electrons. The van der Waals surface area contributed by atoms with Crippen molar-refractivity contribution in [3.8, 4) is 11.8 Å². The van der Waals surface area contributed by atoms with Crippen LogP contribution in [0.1, 0.15) is 26.3 Å². The van der Waals surface area contributed by atoms with Gasteiger partial charge in [-0.25, -0.2) is 10.2 Å². The summed E-state index contributed by atoms with van der Waals surface area (Å²) in [5.41, 5.74) is 5.66. The fraction of sp³-hybridized carbons (Fsp3) is 0.429. The van der Waals surface area contributed by atoms with Gasteiger partial charge in [-0.15, -0.1) is 0 Å². The van der Waals surface area contributed by atoms with Gasteiger partial charge in [0.1, 0.15) is 17.4 Å². The van der Waals surface area contributed by atoms with Crippen molar-refractivity contribution in [3.63, 3.8) is 0 Å². The Bertz CT molecular complexity index is 472. The Labute approximate surface area is 118 Å². The van der Waals surface area contributed by atoms with Gasteiger partial charge in [0, 0.05) is 6.54 Å². The molecule has 0 atom stereocenters. The summed E-state index contributed by atoms with van der Waals surface area (Å²) in [6.07, 6.45) is -0.522. The lowest BCUT2D eigenvalue weighted by Gasteiger charge is -2.19. The largest absolute Gasteiger partial charge is 0.479 e. The van der Waals surface area contributed by atoms with Gasteiger partial charge in [0.05, 0.1) is 0 Å². The van der Waals surface area contributed by atoms with Crippen molar-refractivity contribution in [2.75, 3.05) is 6.61 Å². The molecule has 0 radical (unpaired) electrons. The average molecular weight is 277 g/mol. The number of carbonyl (C=O) groups excluding carboxylic acids is 1. The lowest BCUT2D eigenvalue weighted by Crippen LogP contribution is -2.40. The number of nitriles is 1. The molecule has 0 aliphatic rings. The fourth-order valence-electron chi connectivity index (χ4n) is 1.34. The molecule has 6 nitrogen and oxygen atoms in total. The van der Waals surface area contributed by atoms with Crippen LogP contribution in [0.4, 0.5) is 4.79 Å². The first-order chi connectivity index (χ1) is 9.40. The molecule has 1 aromatic rings. The standard InChI is InChI=1S/C14H19N3O3/c1-14(2,3)20-13(18)17-16-10-11-4-6-12(7-5-11)19-9-8-15/h4-7,16H,9-10H2,1-3H3,(H,17,18). The van der Waals surface area contributed by atoms with E-state index in [1.807, 2.05) is 18.2 Å². The minimum Gasteiger partial charge on any atom is -0.479 e. The van der Waals surface area contributed by atoms with Gasteiger partial charge in [-0.2, -0.15) is 5.26 Å². The normalized spacial score (nSPS) is 10.5. The molecule has 6 heteroatoms. The van der Waals surface area contributed by atoms with Crippen LogP contribution in [0.25, 0.3) is 0 Å². The number of amides is 1. The van der Waals surface area contributed by atoms with Crippen LogP contribution in [0, 0.1) is 11.3 Å². The Morgan fingerprint density at radius 1 is 1.30 bits per heavy atom. The van der Waals surface area contributed by atoms with Crippen LogP contribution < -0.4 is 15.6 Å². The number of hydrazine groups is 1. The molecule has 0 spiro atoms. The summed E-state index contributed by atoms with van der Waals surface area (Å²) in [6, 6.07) is 9.12. The fourth-order valence-corrected chi connectivity index (χ4v) is 1.34. The van der Waals surface area contributed by atoms with Gasteiger partial charge in [-0.3, -0.25) is 5.43 Å². The SMILES string of the molecule is CC(C)(C)OC(=O)NNCc1ccc(OCC#N)cc1. The molecule has 0 bridgehead atoms. The summed E-state index contributed by atoms with van der Waals surface area (Å²) in [6.45, 7) is 5.88. The van der Waals surface area contributed by atoms with Gasteiger partial charge in [0.25, 0.3) is 0 Å². The van der Waals surface area contributed by atoms with E-state index in [1.54, 1.807) is 32.9 Å². The van der Waals surface area contributed by atoms with Crippen LogP contribution in [0.15, 0.2) is 24.3 Å². The third kappa shape index (κ3) is 6.61. The highest BCUT2D eigenvalue weighted by molar-refractivity contribution is 5.66. The van der Waals surface area contributed by atoms with Gasteiger partial charge in [0.2, 0.25) is 0 Å². The van der Waals surface area contributed by atoms with E-state index in [2.05, 4.69) is 10.9 Å². The van der Waals surface area contributed by atoms with Crippen molar-refractivity contribution in [1.29, 1.82) is 5.26 Å². The zero-order valence-electron chi connectivity index (χ0n) is 11.9. The Morgan fingerprint density at radius 3 is 2.50 bits per heavy atom. The number of nitrogens with zero attached hydrogens (tertiary/aromatic N) is 1. The van der Waals surface area contributed by atoms with Crippen molar-refractivity contribution in [1.82, 2.24) is 10.9 Å². The first kappa shape index (κ1) is 15.8. The molecule has 0 saturated carbocycles.